The van der Waals surface area contributed by atoms with Crippen molar-refractivity contribution < 1.29 is 0 Å². The molecule has 0 spiro atoms. The third-order valence-electron chi connectivity index (χ3n) is 2.66. The molecule has 1 aromatic heterocycles. The Kier molecular flexibility index (Phi) is 3.64. The van der Waals surface area contributed by atoms with Crippen molar-refractivity contribution in [2.45, 2.75) is 19.9 Å². The van der Waals surface area contributed by atoms with Gasteiger partial charge in [0.2, 0.25) is 0 Å². The molecule has 0 amide bonds. The van der Waals surface area contributed by atoms with Crippen molar-refractivity contribution in [3.8, 4) is 10.4 Å². The second-order valence-corrected chi connectivity index (χ2v) is 5.21. The van der Waals surface area contributed by atoms with Crippen LogP contribution in [0.2, 0.25) is 4.34 Å². The van der Waals surface area contributed by atoms with Gasteiger partial charge in [0.25, 0.3) is 0 Å². The predicted octanol–water partition coefficient (Wildman–Crippen LogP) is 4.09. The Morgan fingerprint density at radius 1 is 1.19 bits per heavy atom. The van der Waals surface area contributed by atoms with Crippen molar-refractivity contribution in [1.29, 1.82) is 0 Å². The van der Waals surface area contributed by atoms with Crippen LogP contribution in [0.25, 0.3) is 10.4 Å². The van der Waals surface area contributed by atoms with E-state index in [1.807, 2.05) is 18.2 Å². The van der Waals surface area contributed by atoms with Crippen molar-refractivity contribution in [3.05, 3.63) is 45.8 Å². The molecule has 2 rings (SSSR count). The number of rotatable bonds is 3. The smallest absolute Gasteiger partial charge is 0.0982 e. The van der Waals surface area contributed by atoms with Crippen LogP contribution < -0.4 is 5.73 Å². The van der Waals surface area contributed by atoms with E-state index in [2.05, 4.69) is 19.1 Å². The van der Waals surface area contributed by atoms with Crippen LogP contribution in [-0.2, 0) is 13.0 Å². The van der Waals surface area contributed by atoms with Gasteiger partial charge in [0.05, 0.1) is 4.34 Å². The highest BCUT2D eigenvalue weighted by molar-refractivity contribution is 7.19. The zero-order valence-corrected chi connectivity index (χ0v) is 10.7. The van der Waals surface area contributed by atoms with Crippen molar-refractivity contribution >= 4 is 22.9 Å². The summed E-state index contributed by atoms with van der Waals surface area (Å²) < 4.78 is 0.832. The second-order valence-electron chi connectivity index (χ2n) is 3.59. The first-order valence-corrected chi connectivity index (χ1v) is 6.52. The van der Waals surface area contributed by atoms with Crippen molar-refractivity contribution in [2.24, 2.45) is 5.73 Å². The Labute approximate surface area is 105 Å². The zero-order valence-electron chi connectivity index (χ0n) is 9.16. The minimum absolute atomic E-state index is 0.519. The fraction of sp³-hybridized carbons (Fsp3) is 0.231. The summed E-state index contributed by atoms with van der Waals surface area (Å²) in [5.74, 6) is 0. The van der Waals surface area contributed by atoms with Crippen LogP contribution in [0.1, 0.15) is 18.1 Å². The summed E-state index contributed by atoms with van der Waals surface area (Å²) in [4.78, 5) is 1.26. The van der Waals surface area contributed by atoms with Crippen LogP contribution in [-0.4, -0.2) is 0 Å². The third-order valence-corrected chi connectivity index (χ3v) is 4.23. The number of halogens is 1. The first-order chi connectivity index (χ1) is 7.77. The van der Waals surface area contributed by atoms with Gasteiger partial charge in [0.15, 0.2) is 0 Å². The molecule has 0 atom stereocenters. The van der Waals surface area contributed by atoms with Crippen molar-refractivity contribution in [2.75, 3.05) is 0 Å². The van der Waals surface area contributed by atoms with E-state index in [0.717, 1.165) is 16.3 Å². The average molecular weight is 252 g/mol. The standard InChI is InChI=1S/C13H14ClNS/c1-2-10-11(8-15)13(14)16-12(10)9-6-4-3-5-7-9/h3-7H,2,8,15H2,1H3. The molecule has 0 aliphatic heterocycles. The van der Waals surface area contributed by atoms with Crippen LogP contribution >= 0.6 is 22.9 Å². The maximum atomic E-state index is 6.22. The summed E-state index contributed by atoms with van der Waals surface area (Å²) >= 11 is 7.85. The lowest BCUT2D eigenvalue weighted by atomic mass is 10.0. The van der Waals surface area contributed by atoms with E-state index >= 15 is 0 Å². The molecule has 0 aliphatic rings. The predicted molar refractivity (Wildman–Crippen MR) is 72.0 cm³/mol. The van der Waals surface area contributed by atoms with Gasteiger partial charge in [-0.1, -0.05) is 48.9 Å². The van der Waals surface area contributed by atoms with Gasteiger partial charge < -0.3 is 5.73 Å². The molecule has 2 aromatic rings. The summed E-state index contributed by atoms with van der Waals surface area (Å²) in [6.45, 7) is 2.66. The number of thiophene rings is 1. The van der Waals surface area contributed by atoms with E-state index in [1.165, 1.54) is 16.0 Å². The maximum Gasteiger partial charge on any atom is 0.0982 e. The van der Waals surface area contributed by atoms with Crippen LogP contribution in [0.15, 0.2) is 30.3 Å². The monoisotopic (exact) mass is 251 g/mol. The summed E-state index contributed by atoms with van der Waals surface area (Å²) in [7, 11) is 0. The van der Waals surface area contributed by atoms with E-state index in [-0.39, 0.29) is 0 Å². The Morgan fingerprint density at radius 3 is 2.44 bits per heavy atom. The zero-order chi connectivity index (χ0) is 11.5. The van der Waals surface area contributed by atoms with E-state index in [4.69, 9.17) is 17.3 Å². The van der Waals surface area contributed by atoms with Crippen LogP contribution in [0, 0.1) is 0 Å². The highest BCUT2D eigenvalue weighted by atomic mass is 35.5. The van der Waals surface area contributed by atoms with Crippen LogP contribution in [0.5, 0.6) is 0 Å². The highest BCUT2D eigenvalue weighted by Gasteiger charge is 2.15. The van der Waals surface area contributed by atoms with Gasteiger partial charge in [-0.05, 0) is 23.1 Å². The van der Waals surface area contributed by atoms with Gasteiger partial charge in [0.1, 0.15) is 0 Å². The minimum Gasteiger partial charge on any atom is -0.326 e. The summed E-state index contributed by atoms with van der Waals surface area (Å²) in [5, 5.41) is 0. The summed E-state index contributed by atoms with van der Waals surface area (Å²) in [6.07, 6.45) is 0.972. The summed E-state index contributed by atoms with van der Waals surface area (Å²) in [5.41, 5.74) is 9.37. The quantitative estimate of drug-likeness (QED) is 0.874. The molecule has 0 aliphatic carbocycles. The Morgan fingerprint density at radius 2 is 1.88 bits per heavy atom. The molecule has 84 valence electrons. The normalized spacial score (nSPS) is 10.7. The molecule has 1 heterocycles. The fourth-order valence-electron chi connectivity index (χ4n) is 1.87. The second kappa shape index (κ2) is 5.00. The molecule has 0 radical (unpaired) electrons. The van der Waals surface area contributed by atoms with Gasteiger partial charge in [0, 0.05) is 11.4 Å². The lowest BCUT2D eigenvalue weighted by Gasteiger charge is -2.03. The molecule has 3 heteroatoms. The van der Waals surface area contributed by atoms with Crippen molar-refractivity contribution in [1.82, 2.24) is 0 Å². The number of hydrogen-bond donors (Lipinski definition) is 1. The van der Waals surface area contributed by atoms with Crippen molar-refractivity contribution in [3.63, 3.8) is 0 Å². The molecule has 0 fully saturated rings. The topological polar surface area (TPSA) is 26.0 Å². The molecule has 0 unspecified atom stereocenters. The molecule has 2 N–H and O–H groups in total. The molecule has 1 nitrogen and oxygen atoms in total. The number of benzene rings is 1. The van der Waals surface area contributed by atoms with E-state index < -0.39 is 0 Å². The SMILES string of the molecule is CCc1c(-c2ccccc2)sc(Cl)c1CN. The lowest BCUT2D eigenvalue weighted by molar-refractivity contribution is 1.02. The van der Waals surface area contributed by atoms with Gasteiger partial charge >= 0.3 is 0 Å². The lowest BCUT2D eigenvalue weighted by Crippen LogP contribution is -1.99. The Balaban J connectivity index is 2.57. The number of nitrogens with two attached hydrogens (primary N) is 1. The van der Waals surface area contributed by atoms with Gasteiger partial charge in [-0.2, -0.15) is 0 Å². The first-order valence-electron chi connectivity index (χ1n) is 5.33. The van der Waals surface area contributed by atoms with Gasteiger partial charge in [-0.3, -0.25) is 0 Å². The van der Waals surface area contributed by atoms with Crippen LogP contribution in [0.4, 0.5) is 0 Å². The molecule has 1 aromatic carbocycles. The van der Waals surface area contributed by atoms with Crippen LogP contribution in [0.3, 0.4) is 0 Å². The molecular weight excluding hydrogens is 238 g/mol. The molecular formula is C13H14ClNS. The minimum atomic E-state index is 0.519. The highest BCUT2D eigenvalue weighted by Crippen LogP contribution is 2.39. The summed E-state index contributed by atoms with van der Waals surface area (Å²) in [6, 6.07) is 10.3. The first kappa shape index (κ1) is 11.6. The fourth-order valence-corrected chi connectivity index (χ4v) is 3.44. The molecule has 16 heavy (non-hydrogen) atoms. The Hall–Kier alpha value is -0.830. The van der Waals surface area contributed by atoms with E-state index in [1.54, 1.807) is 11.3 Å². The third kappa shape index (κ3) is 2.01. The van der Waals surface area contributed by atoms with E-state index in [9.17, 15) is 0 Å². The van der Waals surface area contributed by atoms with Gasteiger partial charge in [-0.15, -0.1) is 11.3 Å². The largest absolute Gasteiger partial charge is 0.326 e. The molecule has 0 bridgehead atoms. The molecule has 0 saturated heterocycles. The number of hydrogen-bond acceptors (Lipinski definition) is 2. The Bertz CT molecular complexity index is 476. The average Bonchev–Trinajstić information content (AvgIpc) is 2.66. The van der Waals surface area contributed by atoms with Gasteiger partial charge in [-0.25, -0.2) is 0 Å². The van der Waals surface area contributed by atoms with E-state index in [0.29, 0.717) is 6.54 Å². The molecule has 0 saturated carbocycles. The maximum absolute atomic E-state index is 6.22.